The molecule has 0 aliphatic heterocycles. The lowest BCUT2D eigenvalue weighted by Crippen LogP contribution is -1.97. The molecule has 112 valence electrons. The average Bonchev–Trinajstić information content (AvgIpc) is 2.98. The van der Waals surface area contributed by atoms with E-state index in [1.54, 1.807) is 29.3 Å². The Morgan fingerprint density at radius 1 is 1.09 bits per heavy atom. The molecule has 22 heavy (non-hydrogen) atoms. The Labute approximate surface area is 137 Å². The van der Waals surface area contributed by atoms with E-state index in [-0.39, 0.29) is 0 Å². The quantitative estimate of drug-likeness (QED) is 0.637. The van der Waals surface area contributed by atoms with Crippen molar-refractivity contribution >= 4 is 23.1 Å². The number of pyridine rings is 1. The standard InChI is InChI=1S/C16H15N3OS2/c1-12-18-19-16(22-12)21-11-13-5-7-15(8-6-13)20-10-14-4-2-3-9-17-14/h2-9H,10-11H2,1H3. The number of nitrogens with zero attached hydrogens (tertiary/aromatic N) is 3. The molecular formula is C16H15N3OS2. The van der Waals surface area contributed by atoms with Crippen molar-refractivity contribution in [3.05, 3.63) is 64.9 Å². The Morgan fingerprint density at radius 3 is 2.64 bits per heavy atom. The first kappa shape index (κ1) is 15.0. The summed E-state index contributed by atoms with van der Waals surface area (Å²) in [6.07, 6.45) is 1.77. The molecule has 0 fully saturated rings. The van der Waals surface area contributed by atoms with Gasteiger partial charge in [-0.2, -0.15) is 0 Å². The van der Waals surface area contributed by atoms with Crippen LogP contribution in [-0.2, 0) is 12.4 Å². The number of hydrogen-bond donors (Lipinski definition) is 0. The molecule has 0 saturated carbocycles. The zero-order valence-electron chi connectivity index (χ0n) is 12.1. The molecule has 0 atom stereocenters. The lowest BCUT2D eigenvalue weighted by atomic mass is 10.2. The normalized spacial score (nSPS) is 10.6. The van der Waals surface area contributed by atoms with Crippen molar-refractivity contribution in [1.82, 2.24) is 15.2 Å². The van der Waals surface area contributed by atoms with Crippen molar-refractivity contribution in [2.24, 2.45) is 0 Å². The van der Waals surface area contributed by atoms with Crippen LogP contribution in [0.15, 0.2) is 53.0 Å². The lowest BCUT2D eigenvalue weighted by molar-refractivity contribution is 0.301. The van der Waals surface area contributed by atoms with Gasteiger partial charge in [0.25, 0.3) is 0 Å². The largest absolute Gasteiger partial charge is 0.487 e. The fourth-order valence-corrected chi connectivity index (χ4v) is 3.58. The molecular weight excluding hydrogens is 314 g/mol. The number of aryl methyl sites for hydroxylation is 1. The summed E-state index contributed by atoms with van der Waals surface area (Å²) >= 11 is 3.33. The van der Waals surface area contributed by atoms with Gasteiger partial charge in [0, 0.05) is 11.9 Å². The summed E-state index contributed by atoms with van der Waals surface area (Å²) in [6, 6.07) is 13.9. The second kappa shape index (κ2) is 7.38. The number of rotatable bonds is 6. The molecule has 2 heterocycles. The molecule has 0 amide bonds. The monoisotopic (exact) mass is 329 g/mol. The van der Waals surface area contributed by atoms with Crippen molar-refractivity contribution < 1.29 is 4.74 Å². The number of ether oxygens (including phenoxy) is 1. The first-order valence-corrected chi connectivity index (χ1v) is 8.64. The number of hydrogen-bond acceptors (Lipinski definition) is 6. The van der Waals surface area contributed by atoms with Crippen LogP contribution >= 0.6 is 23.1 Å². The van der Waals surface area contributed by atoms with Crippen molar-refractivity contribution in [1.29, 1.82) is 0 Å². The van der Waals surface area contributed by atoms with Gasteiger partial charge < -0.3 is 4.74 Å². The molecule has 0 radical (unpaired) electrons. The zero-order valence-corrected chi connectivity index (χ0v) is 13.7. The van der Waals surface area contributed by atoms with Gasteiger partial charge in [-0.1, -0.05) is 41.3 Å². The Morgan fingerprint density at radius 2 is 1.95 bits per heavy atom. The maximum atomic E-state index is 5.72. The Hall–Kier alpha value is -1.92. The van der Waals surface area contributed by atoms with Crippen LogP contribution in [0.4, 0.5) is 0 Å². The summed E-state index contributed by atoms with van der Waals surface area (Å²) in [5.74, 6) is 1.74. The summed E-state index contributed by atoms with van der Waals surface area (Å²) in [5, 5.41) is 9.13. The van der Waals surface area contributed by atoms with Crippen LogP contribution in [0.3, 0.4) is 0 Å². The fourth-order valence-electron chi connectivity index (χ4n) is 1.80. The first-order chi connectivity index (χ1) is 10.8. The van der Waals surface area contributed by atoms with E-state index in [4.69, 9.17) is 4.74 Å². The van der Waals surface area contributed by atoms with Gasteiger partial charge in [0.15, 0.2) is 4.34 Å². The van der Waals surface area contributed by atoms with E-state index < -0.39 is 0 Å². The summed E-state index contributed by atoms with van der Waals surface area (Å²) < 4.78 is 6.73. The van der Waals surface area contributed by atoms with Gasteiger partial charge in [0.05, 0.1) is 5.69 Å². The third kappa shape index (κ3) is 4.29. The van der Waals surface area contributed by atoms with Crippen molar-refractivity contribution in [3.63, 3.8) is 0 Å². The molecule has 2 aromatic heterocycles. The average molecular weight is 329 g/mol. The van der Waals surface area contributed by atoms with Gasteiger partial charge in [-0.25, -0.2) is 0 Å². The maximum absolute atomic E-state index is 5.72. The van der Waals surface area contributed by atoms with E-state index in [1.807, 2.05) is 37.3 Å². The minimum Gasteiger partial charge on any atom is -0.487 e. The summed E-state index contributed by atoms with van der Waals surface area (Å²) in [4.78, 5) is 4.24. The third-order valence-corrected chi connectivity index (χ3v) is 4.95. The predicted octanol–water partition coefficient (Wildman–Crippen LogP) is 4.11. The Kier molecular flexibility index (Phi) is 5.03. The smallest absolute Gasteiger partial charge is 0.174 e. The maximum Gasteiger partial charge on any atom is 0.174 e. The van der Waals surface area contributed by atoms with E-state index in [9.17, 15) is 0 Å². The Balaban J connectivity index is 1.51. The van der Waals surface area contributed by atoms with Gasteiger partial charge >= 0.3 is 0 Å². The molecule has 3 rings (SSSR count). The van der Waals surface area contributed by atoms with E-state index >= 15 is 0 Å². The molecule has 4 nitrogen and oxygen atoms in total. The Bertz CT molecular complexity index is 714. The molecule has 0 aliphatic carbocycles. The zero-order chi connectivity index (χ0) is 15.2. The number of aromatic nitrogens is 3. The van der Waals surface area contributed by atoms with Crippen molar-refractivity contribution in [2.45, 2.75) is 23.6 Å². The molecule has 1 aromatic carbocycles. The van der Waals surface area contributed by atoms with Crippen LogP contribution in [0.2, 0.25) is 0 Å². The van der Waals surface area contributed by atoms with Gasteiger partial charge in [-0.15, -0.1) is 10.2 Å². The van der Waals surface area contributed by atoms with E-state index in [0.29, 0.717) is 6.61 Å². The predicted molar refractivity (Wildman–Crippen MR) is 89.2 cm³/mol. The van der Waals surface area contributed by atoms with Gasteiger partial charge in [-0.05, 0) is 36.8 Å². The van der Waals surface area contributed by atoms with Gasteiger partial charge in [0.1, 0.15) is 17.4 Å². The highest BCUT2D eigenvalue weighted by atomic mass is 32.2. The second-order valence-electron chi connectivity index (χ2n) is 4.63. The highest BCUT2D eigenvalue weighted by molar-refractivity contribution is 8.00. The molecule has 0 bridgehead atoms. The first-order valence-electron chi connectivity index (χ1n) is 6.84. The van der Waals surface area contributed by atoms with E-state index in [1.165, 1.54) is 5.56 Å². The van der Waals surface area contributed by atoms with Crippen LogP contribution in [0.25, 0.3) is 0 Å². The van der Waals surface area contributed by atoms with Crippen LogP contribution in [0.1, 0.15) is 16.3 Å². The number of benzene rings is 1. The molecule has 0 unspecified atom stereocenters. The third-order valence-electron chi connectivity index (χ3n) is 2.91. The number of thioether (sulfide) groups is 1. The van der Waals surface area contributed by atoms with Crippen LogP contribution in [-0.4, -0.2) is 15.2 Å². The molecule has 0 spiro atoms. The SMILES string of the molecule is Cc1nnc(SCc2ccc(OCc3ccccn3)cc2)s1. The minimum absolute atomic E-state index is 0.485. The van der Waals surface area contributed by atoms with Gasteiger partial charge in [-0.3, -0.25) is 4.98 Å². The molecule has 0 saturated heterocycles. The lowest BCUT2D eigenvalue weighted by Gasteiger charge is -2.06. The fraction of sp³-hybridized carbons (Fsp3) is 0.188. The molecule has 6 heteroatoms. The molecule has 3 aromatic rings. The molecule has 0 N–H and O–H groups in total. The highest BCUT2D eigenvalue weighted by Gasteiger charge is 2.03. The van der Waals surface area contributed by atoms with Gasteiger partial charge in [0.2, 0.25) is 0 Å². The van der Waals surface area contributed by atoms with Crippen LogP contribution in [0.5, 0.6) is 5.75 Å². The van der Waals surface area contributed by atoms with E-state index in [0.717, 1.165) is 26.5 Å². The van der Waals surface area contributed by atoms with Crippen LogP contribution in [0, 0.1) is 6.92 Å². The van der Waals surface area contributed by atoms with Crippen molar-refractivity contribution in [2.75, 3.05) is 0 Å². The van der Waals surface area contributed by atoms with Crippen molar-refractivity contribution in [3.8, 4) is 5.75 Å². The summed E-state index contributed by atoms with van der Waals surface area (Å²) in [7, 11) is 0. The highest BCUT2D eigenvalue weighted by Crippen LogP contribution is 2.26. The minimum atomic E-state index is 0.485. The van der Waals surface area contributed by atoms with E-state index in [2.05, 4.69) is 27.3 Å². The molecule has 0 aliphatic rings. The van der Waals surface area contributed by atoms with Crippen LogP contribution < -0.4 is 4.74 Å². The summed E-state index contributed by atoms with van der Waals surface area (Å²) in [6.45, 7) is 2.45. The topological polar surface area (TPSA) is 47.9 Å². The second-order valence-corrected chi connectivity index (χ2v) is 7.03. The summed E-state index contributed by atoms with van der Waals surface area (Å²) in [5.41, 5.74) is 2.16.